The molecule has 4 heteroatoms. The summed E-state index contributed by atoms with van der Waals surface area (Å²) in [5.74, 6) is 0.751. The van der Waals surface area contributed by atoms with Gasteiger partial charge in [-0.3, -0.25) is 0 Å². The molecule has 20 heavy (non-hydrogen) atoms. The number of benzene rings is 1. The van der Waals surface area contributed by atoms with Gasteiger partial charge in [0.2, 0.25) is 0 Å². The highest BCUT2D eigenvalue weighted by atomic mass is 16.7. The normalized spacial score (nSPS) is 16.2. The van der Waals surface area contributed by atoms with Crippen molar-refractivity contribution < 1.29 is 14.2 Å². The SMILES string of the molecule is CCCCCCOc1ccc(C2OCCCO2)cc1N. The lowest BCUT2D eigenvalue weighted by Gasteiger charge is -2.24. The van der Waals surface area contributed by atoms with Crippen LogP contribution in [0.1, 0.15) is 50.9 Å². The van der Waals surface area contributed by atoms with E-state index in [4.69, 9.17) is 19.9 Å². The van der Waals surface area contributed by atoms with E-state index in [2.05, 4.69) is 6.92 Å². The maximum Gasteiger partial charge on any atom is 0.183 e. The number of ether oxygens (including phenoxy) is 3. The van der Waals surface area contributed by atoms with Crippen LogP contribution in [0.3, 0.4) is 0 Å². The Kier molecular flexibility index (Phi) is 6.15. The predicted octanol–water partition coefficient (Wildman–Crippen LogP) is 3.66. The maximum absolute atomic E-state index is 6.03. The lowest BCUT2D eigenvalue weighted by molar-refractivity contribution is -0.183. The van der Waals surface area contributed by atoms with E-state index < -0.39 is 0 Å². The highest BCUT2D eigenvalue weighted by molar-refractivity contribution is 5.54. The first-order chi connectivity index (χ1) is 9.81. The molecule has 112 valence electrons. The minimum absolute atomic E-state index is 0.287. The summed E-state index contributed by atoms with van der Waals surface area (Å²) in [5, 5.41) is 0. The molecule has 0 bridgehead atoms. The van der Waals surface area contributed by atoms with E-state index in [1.807, 2.05) is 18.2 Å². The van der Waals surface area contributed by atoms with Crippen LogP contribution in [-0.2, 0) is 9.47 Å². The Labute approximate surface area is 121 Å². The van der Waals surface area contributed by atoms with Crippen molar-refractivity contribution in [1.82, 2.24) is 0 Å². The summed E-state index contributed by atoms with van der Waals surface area (Å²) in [4.78, 5) is 0. The lowest BCUT2D eigenvalue weighted by atomic mass is 10.1. The molecule has 0 radical (unpaired) electrons. The Morgan fingerprint density at radius 3 is 2.70 bits per heavy atom. The highest BCUT2D eigenvalue weighted by Gasteiger charge is 2.17. The second-order valence-electron chi connectivity index (χ2n) is 5.13. The summed E-state index contributed by atoms with van der Waals surface area (Å²) in [6.07, 6.45) is 5.43. The lowest BCUT2D eigenvalue weighted by Crippen LogP contribution is -2.17. The topological polar surface area (TPSA) is 53.7 Å². The number of nitrogen functional groups attached to an aromatic ring is 1. The summed E-state index contributed by atoms with van der Waals surface area (Å²) < 4.78 is 16.9. The van der Waals surface area contributed by atoms with Gasteiger partial charge < -0.3 is 19.9 Å². The molecule has 0 aliphatic carbocycles. The Balaban J connectivity index is 1.85. The van der Waals surface area contributed by atoms with Crippen LogP contribution in [0.4, 0.5) is 5.69 Å². The van der Waals surface area contributed by atoms with E-state index in [0.29, 0.717) is 5.69 Å². The van der Waals surface area contributed by atoms with Crippen molar-refractivity contribution >= 4 is 5.69 Å². The van der Waals surface area contributed by atoms with E-state index in [-0.39, 0.29) is 6.29 Å². The number of rotatable bonds is 7. The van der Waals surface area contributed by atoms with Crippen molar-refractivity contribution in [3.8, 4) is 5.75 Å². The first-order valence-electron chi connectivity index (χ1n) is 7.56. The molecule has 1 saturated heterocycles. The highest BCUT2D eigenvalue weighted by Crippen LogP contribution is 2.29. The zero-order valence-electron chi connectivity index (χ0n) is 12.3. The van der Waals surface area contributed by atoms with Gasteiger partial charge in [-0.15, -0.1) is 0 Å². The Hall–Kier alpha value is -1.26. The van der Waals surface area contributed by atoms with E-state index in [9.17, 15) is 0 Å². The van der Waals surface area contributed by atoms with E-state index in [1.165, 1.54) is 19.3 Å². The van der Waals surface area contributed by atoms with Crippen LogP contribution >= 0.6 is 0 Å². The molecule has 1 aromatic carbocycles. The zero-order valence-corrected chi connectivity index (χ0v) is 12.3. The quantitative estimate of drug-likeness (QED) is 0.611. The van der Waals surface area contributed by atoms with Gasteiger partial charge in [-0.2, -0.15) is 0 Å². The molecule has 0 spiro atoms. The molecule has 0 unspecified atom stereocenters. The van der Waals surface area contributed by atoms with Gasteiger partial charge in [-0.05, 0) is 25.0 Å². The van der Waals surface area contributed by atoms with Gasteiger partial charge in [0, 0.05) is 5.56 Å². The summed E-state index contributed by atoms with van der Waals surface area (Å²) in [6, 6.07) is 5.76. The van der Waals surface area contributed by atoms with Crippen molar-refractivity contribution in [2.45, 2.75) is 45.3 Å². The Bertz CT molecular complexity index is 403. The summed E-state index contributed by atoms with van der Waals surface area (Å²) >= 11 is 0. The van der Waals surface area contributed by atoms with Crippen molar-refractivity contribution in [3.63, 3.8) is 0 Å². The number of anilines is 1. The molecule has 4 nitrogen and oxygen atoms in total. The van der Waals surface area contributed by atoms with Crippen molar-refractivity contribution in [1.29, 1.82) is 0 Å². The third-order valence-electron chi connectivity index (χ3n) is 3.39. The fourth-order valence-electron chi connectivity index (χ4n) is 2.24. The Morgan fingerprint density at radius 2 is 2.00 bits per heavy atom. The molecule has 0 amide bonds. The van der Waals surface area contributed by atoms with Gasteiger partial charge >= 0.3 is 0 Å². The first-order valence-corrected chi connectivity index (χ1v) is 7.56. The average molecular weight is 279 g/mol. The van der Waals surface area contributed by atoms with Crippen LogP contribution in [-0.4, -0.2) is 19.8 Å². The average Bonchev–Trinajstić information content (AvgIpc) is 2.49. The maximum atomic E-state index is 6.03. The largest absolute Gasteiger partial charge is 0.491 e. The molecule has 2 rings (SSSR count). The first kappa shape index (κ1) is 15.1. The van der Waals surface area contributed by atoms with Crippen LogP contribution in [0.25, 0.3) is 0 Å². The zero-order chi connectivity index (χ0) is 14.2. The van der Waals surface area contributed by atoms with Crippen molar-refractivity contribution in [3.05, 3.63) is 23.8 Å². The molecule has 0 aromatic heterocycles. The molecule has 0 atom stereocenters. The molecule has 1 aliphatic rings. The third-order valence-corrected chi connectivity index (χ3v) is 3.39. The van der Waals surface area contributed by atoms with Crippen molar-refractivity contribution in [2.75, 3.05) is 25.6 Å². The third kappa shape index (κ3) is 4.39. The van der Waals surface area contributed by atoms with Gasteiger partial charge in [0.25, 0.3) is 0 Å². The monoisotopic (exact) mass is 279 g/mol. The second-order valence-corrected chi connectivity index (χ2v) is 5.13. The van der Waals surface area contributed by atoms with Crippen LogP contribution < -0.4 is 10.5 Å². The van der Waals surface area contributed by atoms with E-state index in [1.54, 1.807) is 0 Å². The number of unbranched alkanes of at least 4 members (excludes halogenated alkanes) is 3. The number of hydrogen-bond donors (Lipinski definition) is 1. The van der Waals surface area contributed by atoms with Gasteiger partial charge in [-0.1, -0.05) is 32.3 Å². The molecular formula is C16H25NO3. The molecule has 2 N–H and O–H groups in total. The van der Waals surface area contributed by atoms with Crippen LogP contribution in [0.5, 0.6) is 5.75 Å². The molecular weight excluding hydrogens is 254 g/mol. The molecule has 1 aliphatic heterocycles. The second kappa shape index (κ2) is 8.12. The number of hydrogen-bond acceptors (Lipinski definition) is 4. The van der Waals surface area contributed by atoms with Gasteiger partial charge in [0.05, 0.1) is 25.5 Å². The van der Waals surface area contributed by atoms with Crippen LogP contribution in [0.15, 0.2) is 18.2 Å². The number of nitrogens with two attached hydrogens (primary N) is 1. The van der Waals surface area contributed by atoms with Gasteiger partial charge in [0.15, 0.2) is 6.29 Å². The molecule has 1 fully saturated rings. The molecule has 1 heterocycles. The fourth-order valence-corrected chi connectivity index (χ4v) is 2.24. The summed E-state index contributed by atoms with van der Waals surface area (Å²) in [7, 11) is 0. The van der Waals surface area contributed by atoms with Gasteiger partial charge in [-0.25, -0.2) is 0 Å². The minimum atomic E-state index is -0.287. The van der Waals surface area contributed by atoms with Gasteiger partial charge in [0.1, 0.15) is 5.75 Å². The summed E-state index contributed by atoms with van der Waals surface area (Å²) in [5.41, 5.74) is 7.64. The predicted molar refractivity (Wildman–Crippen MR) is 79.8 cm³/mol. The smallest absolute Gasteiger partial charge is 0.183 e. The van der Waals surface area contributed by atoms with E-state index >= 15 is 0 Å². The summed E-state index contributed by atoms with van der Waals surface area (Å²) in [6.45, 7) is 4.40. The van der Waals surface area contributed by atoms with Crippen LogP contribution in [0, 0.1) is 0 Å². The fraction of sp³-hybridized carbons (Fsp3) is 0.625. The molecule has 1 aromatic rings. The van der Waals surface area contributed by atoms with Crippen molar-refractivity contribution in [2.24, 2.45) is 0 Å². The van der Waals surface area contributed by atoms with E-state index in [0.717, 1.165) is 44.0 Å². The standard InChI is InChI=1S/C16H25NO3/c1-2-3-4-5-9-18-15-8-7-13(12-14(15)17)16-19-10-6-11-20-16/h7-8,12,16H,2-6,9-11,17H2,1H3. The minimum Gasteiger partial charge on any atom is -0.491 e. The van der Waals surface area contributed by atoms with Crippen LogP contribution in [0.2, 0.25) is 0 Å². The molecule has 0 saturated carbocycles. The Morgan fingerprint density at radius 1 is 1.20 bits per heavy atom.